The molecular formula is C5H7F3N2O. The molecule has 0 aliphatic carbocycles. The van der Waals surface area contributed by atoms with Gasteiger partial charge in [0.15, 0.2) is 5.71 Å². The maximum absolute atomic E-state index is 11.8. The van der Waals surface area contributed by atoms with Crippen molar-refractivity contribution in [3.63, 3.8) is 0 Å². The number of halogens is 3. The number of oxime groups is 1. The lowest BCUT2D eigenvalue weighted by atomic mass is 10.2. The van der Waals surface area contributed by atoms with E-state index in [9.17, 15) is 13.2 Å². The highest BCUT2D eigenvalue weighted by atomic mass is 19.4. The van der Waals surface area contributed by atoms with Crippen molar-refractivity contribution >= 4 is 5.71 Å². The van der Waals surface area contributed by atoms with E-state index in [-0.39, 0.29) is 13.0 Å². The van der Waals surface area contributed by atoms with Crippen LogP contribution in [0.4, 0.5) is 13.2 Å². The van der Waals surface area contributed by atoms with Gasteiger partial charge in [0.25, 0.3) is 0 Å². The van der Waals surface area contributed by atoms with E-state index in [0.29, 0.717) is 0 Å². The molecule has 0 aromatic heterocycles. The lowest BCUT2D eigenvalue weighted by Gasteiger charge is -2.03. The molecule has 0 spiro atoms. The normalized spacial score (nSPS) is 24.7. The first-order chi connectivity index (χ1) is 5.04. The van der Waals surface area contributed by atoms with Crippen LogP contribution in [0.1, 0.15) is 6.42 Å². The summed E-state index contributed by atoms with van der Waals surface area (Å²) >= 11 is 0. The van der Waals surface area contributed by atoms with Gasteiger partial charge in [-0.25, -0.2) is 0 Å². The number of hydrogen-bond donors (Lipinski definition) is 1. The Morgan fingerprint density at radius 3 is 2.55 bits per heavy atom. The van der Waals surface area contributed by atoms with E-state index < -0.39 is 18.0 Å². The molecule has 11 heavy (non-hydrogen) atoms. The Hall–Kier alpha value is -0.780. The molecule has 1 heterocycles. The van der Waals surface area contributed by atoms with Crippen molar-refractivity contribution in [2.45, 2.75) is 18.7 Å². The monoisotopic (exact) mass is 168 g/mol. The number of nitrogens with two attached hydrogens (primary N) is 1. The highest BCUT2D eigenvalue weighted by molar-refractivity contribution is 5.90. The van der Waals surface area contributed by atoms with Crippen LogP contribution in [-0.4, -0.2) is 24.5 Å². The molecule has 1 atom stereocenters. The summed E-state index contributed by atoms with van der Waals surface area (Å²) in [7, 11) is 0. The van der Waals surface area contributed by atoms with Crippen molar-refractivity contribution < 1.29 is 18.0 Å². The van der Waals surface area contributed by atoms with Crippen LogP contribution in [0.5, 0.6) is 0 Å². The minimum absolute atomic E-state index is 0.0586. The molecule has 3 nitrogen and oxygen atoms in total. The smallest absolute Gasteiger partial charge is 0.391 e. The summed E-state index contributed by atoms with van der Waals surface area (Å²) < 4.78 is 35.5. The summed E-state index contributed by atoms with van der Waals surface area (Å²) in [6.45, 7) is 0.0586. The van der Waals surface area contributed by atoms with Crippen LogP contribution < -0.4 is 5.73 Å². The van der Waals surface area contributed by atoms with Crippen LogP contribution in [0.3, 0.4) is 0 Å². The van der Waals surface area contributed by atoms with Crippen LogP contribution in [0.15, 0.2) is 5.16 Å². The van der Waals surface area contributed by atoms with Gasteiger partial charge in [0, 0.05) is 13.0 Å². The van der Waals surface area contributed by atoms with Crippen molar-refractivity contribution in [2.24, 2.45) is 10.9 Å². The van der Waals surface area contributed by atoms with Crippen molar-refractivity contribution in [3.05, 3.63) is 0 Å². The fourth-order valence-corrected chi connectivity index (χ4v) is 0.722. The Balaban J connectivity index is 2.53. The zero-order valence-corrected chi connectivity index (χ0v) is 5.56. The SMILES string of the molecule is NC[C@H]1CC(C(F)(F)F)=NO1. The molecule has 0 unspecified atom stereocenters. The molecule has 0 amide bonds. The molecule has 0 fully saturated rings. The second kappa shape index (κ2) is 2.69. The van der Waals surface area contributed by atoms with Gasteiger partial charge in [0.1, 0.15) is 6.10 Å². The third kappa shape index (κ3) is 1.83. The molecule has 0 bridgehead atoms. The summed E-state index contributed by atoms with van der Waals surface area (Å²) in [6.07, 6.45) is -5.21. The average Bonchev–Trinajstić information content (AvgIpc) is 2.32. The molecule has 0 aromatic rings. The van der Waals surface area contributed by atoms with E-state index in [1.54, 1.807) is 0 Å². The zero-order chi connectivity index (χ0) is 8.48. The largest absolute Gasteiger partial charge is 0.432 e. The third-order valence-electron chi connectivity index (χ3n) is 1.32. The third-order valence-corrected chi connectivity index (χ3v) is 1.32. The second-order valence-corrected chi connectivity index (χ2v) is 2.20. The van der Waals surface area contributed by atoms with Crippen molar-refractivity contribution in [2.75, 3.05) is 6.54 Å². The second-order valence-electron chi connectivity index (χ2n) is 2.20. The van der Waals surface area contributed by atoms with Gasteiger partial charge < -0.3 is 10.6 Å². The molecule has 0 aromatic carbocycles. The number of rotatable bonds is 1. The summed E-state index contributed by atoms with van der Waals surface area (Å²) in [5.74, 6) is 0. The van der Waals surface area contributed by atoms with Gasteiger partial charge in [0.2, 0.25) is 0 Å². The maximum Gasteiger partial charge on any atom is 0.432 e. The minimum Gasteiger partial charge on any atom is -0.391 e. The van der Waals surface area contributed by atoms with Gasteiger partial charge in [-0.05, 0) is 0 Å². The number of hydrogen-bond acceptors (Lipinski definition) is 3. The van der Waals surface area contributed by atoms with Gasteiger partial charge in [-0.1, -0.05) is 5.16 Å². The van der Waals surface area contributed by atoms with Crippen LogP contribution in [0, 0.1) is 0 Å². The van der Waals surface area contributed by atoms with E-state index in [1.165, 1.54) is 0 Å². The quantitative estimate of drug-likeness (QED) is 0.624. The first-order valence-corrected chi connectivity index (χ1v) is 3.04. The molecule has 6 heteroatoms. The Morgan fingerprint density at radius 1 is 1.64 bits per heavy atom. The lowest BCUT2D eigenvalue weighted by molar-refractivity contribution is -0.0604. The summed E-state index contributed by atoms with van der Waals surface area (Å²) in [6, 6.07) is 0. The van der Waals surface area contributed by atoms with E-state index in [0.717, 1.165) is 0 Å². The molecule has 0 saturated heterocycles. The van der Waals surface area contributed by atoms with E-state index in [2.05, 4.69) is 9.99 Å². The Labute approximate surface area is 61.0 Å². The minimum atomic E-state index is -4.37. The number of alkyl halides is 3. The van der Waals surface area contributed by atoms with Crippen LogP contribution in [-0.2, 0) is 4.84 Å². The standard InChI is InChI=1S/C5H7F3N2O/c6-5(7,8)4-1-3(2-9)11-10-4/h3H,1-2,9H2/t3-/m1/s1. The number of nitrogens with zero attached hydrogens (tertiary/aromatic N) is 1. The van der Waals surface area contributed by atoms with Gasteiger partial charge in [0.05, 0.1) is 0 Å². The molecular weight excluding hydrogens is 161 g/mol. The molecule has 1 rings (SSSR count). The molecule has 0 radical (unpaired) electrons. The fraction of sp³-hybridized carbons (Fsp3) is 0.800. The van der Waals surface area contributed by atoms with Gasteiger partial charge in [-0.2, -0.15) is 13.2 Å². The van der Waals surface area contributed by atoms with Crippen LogP contribution in [0.25, 0.3) is 0 Å². The maximum atomic E-state index is 11.8. The topological polar surface area (TPSA) is 47.6 Å². The summed E-state index contributed by atoms with van der Waals surface area (Å²) in [4.78, 5) is 4.38. The first-order valence-electron chi connectivity index (χ1n) is 3.04. The van der Waals surface area contributed by atoms with Crippen LogP contribution >= 0.6 is 0 Å². The Kier molecular flexibility index (Phi) is 2.03. The fourth-order valence-electron chi connectivity index (χ4n) is 0.722. The predicted octanol–water partition coefficient (Wildman–Crippen LogP) is 0.652. The van der Waals surface area contributed by atoms with E-state index in [4.69, 9.17) is 5.73 Å². The molecule has 2 N–H and O–H groups in total. The van der Waals surface area contributed by atoms with Crippen molar-refractivity contribution in [1.29, 1.82) is 0 Å². The summed E-state index contributed by atoms with van der Waals surface area (Å²) in [5.41, 5.74) is 4.19. The van der Waals surface area contributed by atoms with E-state index in [1.807, 2.05) is 0 Å². The zero-order valence-electron chi connectivity index (χ0n) is 5.56. The summed E-state index contributed by atoms with van der Waals surface area (Å²) in [5, 5.41) is 2.87. The highest BCUT2D eigenvalue weighted by Crippen LogP contribution is 2.24. The van der Waals surface area contributed by atoms with Crippen LogP contribution in [0.2, 0.25) is 0 Å². The molecule has 64 valence electrons. The molecule has 0 saturated carbocycles. The molecule has 1 aliphatic heterocycles. The molecule has 1 aliphatic rings. The highest BCUT2D eigenvalue weighted by Gasteiger charge is 2.40. The average molecular weight is 168 g/mol. The Bertz CT molecular complexity index is 177. The van der Waals surface area contributed by atoms with Crippen molar-refractivity contribution in [1.82, 2.24) is 0 Å². The van der Waals surface area contributed by atoms with Gasteiger partial charge in [-0.15, -0.1) is 0 Å². The van der Waals surface area contributed by atoms with Crippen molar-refractivity contribution in [3.8, 4) is 0 Å². The van der Waals surface area contributed by atoms with E-state index >= 15 is 0 Å². The predicted molar refractivity (Wildman–Crippen MR) is 32.0 cm³/mol. The first kappa shape index (κ1) is 8.32. The Morgan fingerprint density at radius 2 is 2.27 bits per heavy atom. The van der Waals surface area contributed by atoms with Gasteiger partial charge >= 0.3 is 6.18 Å². The lowest BCUT2D eigenvalue weighted by Crippen LogP contribution is -2.26. The van der Waals surface area contributed by atoms with Gasteiger partial charge in [-0.3, -0.25) is 0 Å².